The number of aryl methyl sites for hydroxylation is 3. The van der Waals surface area contributed by atoms with Gasteiger partial charge in [-0.3, -0.25) is 0 Å². The summed E-state index contributed by atoms with van der Waals surface area (Å²) in [5.74, 6) is 0. The van der Waals surface area contributed by atoms with Gasteiger partial charge in [0.2, 0.25) is 0 Å². The molecular weight excluding hydrogens is 240 g/mol. The van der Waals surface area contributed by atoms with Crippen molar-refractivity contribution in [2.75, 3.05) is 0 Å². The van der Waals surface area contributed by atoms with Gasteiger partial charge in [-0.05, 0) is 44.4 Å². The van der Waals surface area contributed by atoms with E-state index in [1.807, 2.05) is 6.92 Å². The molecule has 2 rings (SSSR count). The third-order valence-corrected chi connectivity index (χ3v) is 4.11. The van der Waals surface area contributed by atoms with Crippen molar-refractivity contribution in [3.63, 3.8) is 0 Å². The first-order valence-electron chi connectivity index (χ1n) is 6.28. The summed E-state index contributed by atoms with van der Waals surface area (Å²) in [6, 6.07) is 7.01. The number of rotatable bonds is 4. The Morgan fingerprint density at radius 3 is 2.61 bits per heavy atom. The second-order valence-electron chi connectivity index (χ2n) is 4.80. The molecule has 96 valence electrons. The van der Waals surface area contributed by atoms with E-state index in [1.54, 1.807) is 11.3 Å². The molecule has 1 heterocycles. The van der Waals surface area contributed by atoms with E-state index in [4.69, 9.17) is 0 Å². The van der Waals surface area contributed by atoms with Crippen LogP contribution in [0.15, 0.2) is 23.6 Å². The molecule has 0 aliphatic carbocycles. The van der Waals surface area contributed by atoms with Crippen LogP contribution in [0.4, 0.5) is 0 Å². The minimum Gasteiger partial charge on any atom is -0.305 e. The molecule has 0 saturated carbocycles. The van der Waals surface area contributed by atoms with Gasteiger partial charge in [0.05, 0.1) is 10.7 Å². The lowest BCUT2D eigenvalue weighted by Crippen LogP contribution is -2.18. The van der Waals surface area contributed by atoms with E-state index in [9.17, 15) is 0 Å². The van der Waals surface area contributed by atoms with Crippen molar-refractivity contribution in [3.8, 4) is 0 Å². The quantitative estimate of drug-likeness (QED) is 0.901. The highest BCUT2D eigenvalue weighted by molar-refractivity contribution is 7.09. The highest BCUT2D eigenvalue weighted by Gasteiger charge is 2.07. The maximum Gasteiger partial charge on any atom is 0.0897 e. The first kappa shape index (κ1) is 13.2. The topological polar surface area (TPSA) is 24.9 Å². The van der Waals surface area contributed by atoms with Crippen molar-refractivity contribution in [2.45, 2.75) is 40.3 Å². The van der Waals surface area contributed by atoms with Crippen LogP contribution in [0.5, 0.6) is 0 Å². The monoisotopic (exact) mass is 260 g/mol. The molecule has 18 heavy (non-hydrogen) atoms. The van der Waals surface area contributed by atoms with Gasteiger partial charge in [0.15, 0.2) is 0 Å². The molecule has 2 nitrogen and oxygen atoms in total. The first-order valence-corrected chi connectivity index (χ1v) is 7.16. The van der Waals surface area contributed by atoms with Gasteiger partial charge in [-0.2, -0.15) is 0 Å². The van der Waals surface area contributed by atoms with Gasteiger partial charge in [0, 0.05) is 18.0 Å². The van der Waals surface area contributed by atoms with Gasteiger partial charge in [-0.1, -0.05) is 18.2 Å². The minimum atomic E-state index is 0.353. The van der Waals surface area contributed by atoms with Crippen molar-refractivity contribution < 1.29 is 0 Å². The molecule has 0 amide bonds. The molecule has 1 N–H and O–H groups in total. The van der Waals surface area contributed by atoms with Crippen LogP contribution >= 0.6 is 11.3 Å². The summed E-state index contributed by atoms with van der Waals surface area (Å²) in [4.78, 5) is 4.46. The number of hydrogen-bond acceptors (Lipinski definition) is 3. The van der Waals surface area contributed by atoms with E-state index in [-0.39, 0.29) is 0 Å². The van der Waals surface area contributed by atoms with Gasteiger partial charge in [-0.15, -0.1) is 11.3 Å². The summed E-state index contributed by atoms with van der Waals surface area (Å²) in [6.45, 7) is 9.38. The van der Waals surface area contributed by atoms with Crippen molar-refractivity contribution >= 4 is 11.3 Å². The van der Waals surface area contributed by atoms with Gasteiger partial charge in [0.25, 0.3) is 0 Å². The van der Waals surface area contributed by atoms with Crippen LogP contribution in [-0.2, 0) is 6.54 Å². The summed E-state index contributed by atoms with van der Waals surface area (Å²) in [5, 5.41) is 6.77. The van der Waals surface area contributed by atoms with Crippen molar-refractivity contribution in [3.05, 3.63) is 51.0 Å². The van der Waals surface area contributed by atoms with Crippen molar-refractivity contribution in [2.24, 2.45) is 0 Å². The van der Waals surface area contributed by atoms with E-state index in [0.29, 0.717) is 6.04 Å². The number of nitrogens with zero attached hydrogens (tertiary/aromatic N) is 1. The van der Waals surface area contributed by atoms with E-state index in [2.05, 4.69) is 54.7 Å². The second-order valence-corrected chi connectivity index (χ2v) is 5.87. The highest BCUT2D eigenvalue weighted by atomic mass is 32.1. The Hall–Kier alpha value is -1.19. The lowest BCUT2D eigenvalue weighted by atomic mass is 10.0. The number of benzene rings is 1. The molecule has 3 heteroatoms. The van der Waals surface area contributed by atoms with Crippen LogP contribution in [0.2, 0.25) is 0 Å². The minimum absolute atomic E-state index is 0.353. The summed E-state index contributed by atoms with van der Waals surface area (Å²) in [6.07, 6.45) is 0. The number of aromatic nitrogens is 1. The Bertz CT molecular complexity index is 531. The molecule has 1 unspecified atom stereocenters. The summed E-state index contributed by atoms with van der Waals surface area (Å²) < 4.78 is 0. The average molecular weight is 260 g/mol. The molecule has 0 saturated heterocycles. The van der Waals surface area contributed by atoms with Gasteiger partial charge >= 0.3 is 0 Å². The van der Waals surface area contributed by atoms with Crippen LogP contribution in [0.25, 0.3) is 0 Å². The predicted octanol–water partition coefficient (Wildman–Crippen LogP) is 3.92. The zero-order chi connectivity index (χ0) is 13.1. The predicted molar refractivity (Wildman–Crippen MR) is 78.0 cm³/mol. The van der Waals surface area contributed by atoms with Crippen LogP contribution in [-0.4, -0.2) is 4.98 Å². The van der Waals surface area contributed by atoms with Gasteiger partial charge < -0.3 is 5.32 Å². The van der Waals surface area contributed by atoms with E-state index >= 15 is 0 Å². The first-order chi connectivity index (χ1) is 8.56. The maximum atomic E-state index is 4.46. The third kappa shape index (κ3) is 3.18. The Morgan fingerprint density at radius 1 is 1.22 bits per heavy atom. The average Bonchev–Trinajstić information content (AvgIpc) is 2.75. The Kier molecular flexibility index (Phi) is 4.15. The SMILES string of the molecule is Cc1nc(CNC(C)c2ccc(C)c(C)c2)cs1. The summed E-state index contributed by atoms with van der Waals surface area (Å²) in [5.41, 5.74) is 5.17. The highest BCUT2D eigenvalue weighted by Crippen LogP contribution is 2.17. The van der Waals surface area contributed by atoms with Crippen LogP contribution in [0.3, 0.4) is 0 Å². The number of nitrogens with one attached hydrogen (secondary N) is 1. The zero-order valence-corrected chi connectivity index (χ0v) is 12.3. The molecule has 1 aromatic heterocycles. The molecular formula is C15H20N2S. The largest absolute Gasteiger partial charge is 0.305 e. The molecule has 0 aliphatic heterocycles. The lowest BCUT2D eigenvalue weighted by Gasteiger charge is -2.15. The van der Waals surface area contributed by atoms with E-state index in [1.165, 1.54) is 16.7 Å². The molecule has 0 spiro atoms. The fourth-order valence-electron chi connectivity index (χ4n) is 1.90. The molecule has 1 aromatic carbocycles. The lowest BCUT2D eigenvalue weighted by molar-refractivity contribution is 0.568. The van der Waals surface area contributed by atoms with Crippen molar-refractivity contribution in [1.82, 2.24) is 10.3 Å². The summed E-state index contributed by atoms with van der Waals surface area (Å²) in [7, 11) is 0. The van der Waals surface area contributed by atoms with Crippen LogP contribution in [0, 0.1) is 20.8 Å². The second kappa shape index (κ2) is 5.63. The number of hydrogen-bond donors (Lipinski definition) is 1. The van der Waals surface area contributed by atoms with Gasteiger partial charge in [-0.25, -0.2) is 4.98 Å². The van der Waals surface area contributed by atoms with Crippen molar-refractivity contribution in [1.29, 1.82) is 0 Å². The Labute approximate surface area is 113 Å². The van der Waals surface area contributed by atoms with E-state index in [0.717, 1.165) is 17.2 Å². The maximum absolute atomic E-state index is 4.46. The fraction of sp³-hybridized carbons (Fsp3) is 0.400. The Morgan fingerprint density at radius 2 is 2.00 bits per heavy atom. The zero-order valence-electron chi connectivity index (χ0n) is 11.4. The Balaban J connectivity index is 1.99. The molecule has 0 aliphatic rings. The standard InChI is InChI=1S/C15H20N2S/c1-10-5-6-14(7-11(10)2)12(3)16-8-15-9-18-13(4)17-15/h5-7,9,12,16H,8H2,1-4H3. The van der Waals surface area contributed by atoms with E-state index < -0.39 is 0 Å². The summed E-state index contributed by atoms with van der Waals surface area (Å²) >= 11 is 1.71. The molecule has 2 aromatic rings. The molecule has 0 bridgehead atoms. The van der Waals surface area contributed by atoms with Crippen LogP contribution < -0.4 is 5.32 Å². The third-order valence-electron chi connectivity index (χ3n) is 3.29. The normalized spacial score (nSPS) is 12.7. The molecule has 0 fully saturated rings. The van der Waals surface area contributed by atoms with Crippen LogP contribution in [0.1, 0.15) is 40.4 Å². The molecule has 0 radical (unpaired) electrons. The number of thiazole rings is 1. The van der Waals surface area contributed by atoms with Gasteiger partial charge in [0.1, 0.15) is 0 Å². The fourth-order valence-corrected chi connectivity index (χ4v) is 2.51. The smallest absolute Gasteiger partial charge is 0.0897 e. The molecule has 1 atom stereocenters.